The van der Waals surface area contributed by atoms with Crippen molar-refractivity contribution in [2.75, 3.05) is 11.4 Å². The van der Waals surface area contributed by atoms with E-state index in [0.29, 0.717) is 6.54 Å². The molecule has 3 aromatic rings. The van der Waals surface area contributed by atoms with Crippen molar-refractivity contribution >= 4 is 16.5 Å². The molecule has 1 aliphatic heterocycles. The van der Waals surface area contributed by atoms with Gasteiger partial charge in [0.2, 0.25) is 0 Å². The van der Waals surface area contributed by atoms with Crippen molar-refractivity contribution < 1.29 is 4.39 Å². The molecular weight excluding hydrogens is 275 g/mol. The molecule has 4 rings (SSSR count). The molecule has 1 heterocycles. The molecule has 0 bridgehead atoms. The number of hydrogen-bond acceptors (Lipinski definition) is 2. The fourth-order valence-corrected chi connectivity index (χ4v) is 3.47. The predicted molar refractivity (Wildman–Crippen MR) is 88.3 cm³/mol. The molecule has 110 valence electrons. The highest BCUT2D eigenvalue weighted by molar-refractivity contribution is 5.88. The van der Waals surface area contributed by atoms with E-state index in [1.807, 2.05) is 6.07 Å². The van der Waals surface area contributed by atoms with E-state index in [9.17, 15) is 4.39 Å². The van der Waals surface area contributed by atoms with Crippen molar-refractivity contribution in [3.05, 3.63) is 77.6 Å². The number of halogens is 1. The minimum atomic E-state index is -0.214. The number of nitrogens with two attached hydrogens (primary N) is 1. The highest BCUT2D eigenvalue weighted by atomic mass is 19.1. The summed E-state index contributed by atoms with van der Waals surface area (Å²) in [6, 6.07) is 19.5. The molecule has 1 aliphatic rings. The van der Waals surface area contributed by atoms with Gasteiger partial charge in [-0.15, -0.1) is 0 Å². The molecule has 0 saturated carbocycles. The van der Waals surface area contributed by atoms with Crippen LogP contribution in [0.25, 0.3) is 10.8 Å². The van der Waals surface area contributed by atoms with Crippen LogP contribution in [0.3, 0.4) is 0 Å². The molecule has 1 atom stereocenters. The fourth-order valence-electron chi connectivity index (χ4n) is 3.47. The maximum Gasteiger partial charge on any atom is 0.125 e. The van der Waals surface area contributed by atoms with Gasteiger partial charge < -0.3 is 10.6 Å². The monoisotopic (exact) mass is 292 g/mol. The predicted octanol–water partition coefficient (Wildman–Crippen LogP) is 4.00. The zero-order valence-electron chi connectivity index (χ0n) is 12.2. The molecule has 0 radical (unpaired) electrons. The Morgan fingerprint density at radius 1 is 1.05 bits per heavy atom. The molecule has 0 aromatic heterocycles. The highest BCUT2D eigenvalue weighted by Gasteiger charge is 2.30. The van der Waals surface area contributed by atoms with Crippen molar-refractivity contribution in [1.29, 1.82) is 0 Å². The van der Waals surface area contributed by atoms with Crippen molar-refractivity contribution in [2.45, 2.75) is 12.6 Å². The Balaban J connectivity index is 1.86. The topological polar surface area (TPSA) is 29.3 Å². The Kier molecular flexibility index (Phi) is 3.09. The Morgan fingerprint density at radius 2 is 1.91 bits per heavy atom. The number of benzene rings is 3. The molecule has 3 heteroatoms. The summed E-state index contributed by atoms with van der Waals surface area (Å²) in [7, 11) is 0. The molecule has 2 N–H and O–H groups in total. The van der Waals surface area contributed by atoms with E-state index >= 15 is 0 Å². The van der Waals surface area contributed by atoms with Gasteiger partial charge in [0.05, 0.1) is 6.04 Å². The molecule has 3 aromatic carbocycles. The second kappa shape index (κ2) is 5.11. The van der Waals surface area contributed by atoms with E-state index in [1.165, 1.54) is 28.0 Å². The van der Waals surface area contributed by atoms with Crippen LogP contribution in [0.5, 0.6) is 0 Å². The van der Waals surface area contributed by atoms with Gasteiger partial charge in [-0.3, -0.25) is 0 Å². The Morgan fingerprint density at radius 3 is 2.73 bits per heavy atom. The van der Waals surface area contributed by atoms with E-state index in [0.717, 1.165) is 12.2 Å². The quantitative estimate of drug-likeness (QED) is 0.773. The molecule has 0 fully saturated rings. The van der Waals surface area contributed by atoms with Crippen molar-refractivity contribution in [3.63, 3.8) is 0 Å². The first-order valence-electron chi connectivity index (χ1n) is 7.51. The Bertz CT molecular complexity index is 844. The van der Waals surface area contributed by atoms with E-state index in [1.54, 1.807) is 12.1 Å². The summed E-state index contributed by atoms with van der Waals surface area (Å²) >= 11 is 0. The first kappa shape index (κ1) is 13.3. The highest BCUT2D eigenvalue weighted by Crippen LogP contribution is 2.40. The van der Waals surface area contributed by atoms with Gasteiger partial charge in [0.1, 0.15) is 5.82 Å². The molecule has 0 spiro atoms. The van der Waals surface area contributed by atoms with E-state index in [-0.39, 0.29) is 11.9 Å². The molecular formula is C19H17FN2. The molecule has 0 aliphatic carbocycles. The summed E-state index contributed by atoms with van der Waals surface area (Å²) < 4.78 is 13.6. The zero-order chi connectivity index (χ0) is 15.1. The van der Waals surface area contributed by atoms with Gasteiger partial charge in [-0.2, -0.15) is 0 Å². The molecule has 1 unspecified atom stereocenters. The standard InChI is InChI=1S/C19H17FN2/c20-14-5-3-6-15(10-14)22-12-18-16-7-2-1-4-13(16)8-9-17(18)19(22)11-21/h1-10,19H,11-12,21H2. The first-order chi connectivity index (χ1) is 10.8. The Hall–Kier alpha value is -2.39. The second-order valence-electron chi connectivity index (χ2n) is 5.71. The van der Waals surface area contributed by atoms with Gasteiger partial charge in [0.15, 0.2) is 0 Å². The summed E-state index contributed by atoms with van der Waals surface area (Å²) in [5, 5.41) is 2.50. The minimum absolute atomic E-state index is 0.0985. The van der Waals surface area contributed by atoms with Crippen LogP contribution in [0, 0.1) is 5.82 Å². The SMILES string of the molecule is NCC1c2ccc3ccccc3c2CN1c1cccc(F)c1. The minimum Gasteiger partial charge on any atom is -0.359 e. The third kappa shape index (κ3) is 1.97. The van der Waals surface area contributed by atoms with Crippen LogP contribution in [-0.4, -0.2) is 6.54 Å². The summed E-state index contributed by atoms with van der Waals surface area (Å²) in [4.78, 5) is 2.19. The van der Waals surface area contributed by atoms with Gasteiger partial charge in [-0.1, -0.05) is 42.5 Å². The fraction of sp³-hybridized carbons (Fsp3) is 0.158. The van der Waals surface area contributed by atoms with Gasteiger partial charge in [0, 0.05) is 18.8 Å². The van der Waals surface area contributed by atoms with Crippen LogP contribution in [0.15, 0.2) is 60.7 Å². The van der Waals surface area contributed by atoms with Crippen LogP contribution in [0.4, 0.5) is 10.1 Å². The summed E-state index contributed by atoms with van der Waals surface area (Å²) in [5.41, 5.74) is 9.47. The second-order valence-corrected chi connectivity index (χ2v) is 5.71. The summed E-state index contributed by atoms with van der Waals surface area (Å²) in [6.45, 7) is 1.28. The number of anilines is 1. The Labute approximate surface area is 129 Å². The third-order valence-corrected chi connectivity index (χ3v) is 4.50. The van der Waals surface area contributed by atoms with Crippen LogP contribution >= 0.6 is 0 Å². The van der Waals surface area contributed by atoms with Gasteiger partial charge in [0.25, 0.3) is 0 Å². The molecule has 0 saturated heterocycles. The average Bonchev–Trinajstić information content (AvgIpc) is 2.94. The van der Waals surface area contributed by atoms with Crippen molar-refractivity contribution in [2.24, 2.45) is 5.73 Å². The molecule has 0 amide bonds. The number of rotatable bonds is 2. The maximum absolute atomic E-state index is 13.6. The average molecular weight is 292 g/mol. The lowest BCUT2D eigenvalue weighted by atomic mass is 9.98. The van der Waals surface area contributed by atoms with Gasteiger partial charge in [-0.25, -0.2) is 4.39 Å². The smallest absolute Gasteiger partial charge is 0.125 e. The van der Waals surface area contributed by atoms with Crippen LogP contribution < -0.4 is 10.6 Å². The van der Waals surface area contributed by atoms with Gasteiger partial charge >= 0.3 is 0 Å². The number of fused-ring (bicyclic) bond motifs is 3. The lowest BCUT2D eigenvalue weighted by Crippen LogP contribution is -2.27. The normalized spacial score (nSPS) is 17.0. The van der Waals surface area contributed by atoms with Crippen molar-refractivity contribution in [1.82, 2.24) is 0 Å². The van der Waals surface area contributed by atoms with Crippen LogP contribution in [-0.2, 0) is 6.54 Å². The molecule has 2 nitrogen and oxygen atoms in total. The number of hydrogen-bond donors (Lipinski definition) is 1. The molecule has 22 heavy (non-hydrogen) atoms. The third-order valence-electron chi connectivity index (χ3n) is 4.50. The zero-order valence-corrected chi connectivity index (χ0v) is 12.2. The largest absolute Gasteiger partial charge is 0.359 e. The van der Waals surface area contributed by atoms with Crippen LogP contribution in [0.2, 0.25) is 0 Å². The maximum atomic E-state index is 13.6. The summed E-state index contributed by atoms with van der Waals surface area (Å²) in [5.74, 6) is -0.214. The van der Waals surface area contributed by atoms with Crippen molar-refractivity contribution in [3.8, 4) is 0 Å². The van der Waals surface area contributed by atoms with Crippen LogP contribution in [0.1, 0.15) is 17.2 Å². The van der Waals surface area contributed by atoms with E-state index in [4.69, 9.17) is 5.73 Å². The van der Waals surface area contributed by atoms with E-state index in [2.05, 4.69) is 41.3 Å². The first-order valence-corrected chi connectivity index (χ1v) is 7.51. The van der Waals surface area contributed by atoms with Gasteiger partial charge in [-0.05, 0) is 40.1 Å². The lowest BCUT2D eigenvalue weighted by molar-refractivity contribution is 0.622. The lowest BCUT2D eigenvalue weighted by Gasteiger charge is -2.26. The number of nitrogens with zero attached hydrogens (tertiary/aromatic N) is 1. The summed E-state index contributed by atoms with van der Waals surface area (Å²) in [6.07, 6.45) is 0. The van der Waals surface area contributed by atoms with E-state index < -0.39 is 0 Å².